The second-order valence-electron chi connectivity index (χ2n) is 5.74. The summed E-state index contributed by atoms with van der Waals surface area (Å²) in [5.74, 6) is 1.61. The summed E-state index contributed by atoms with van der Waals surface area (Å²) >= 11 is 5.97. The monoisotopic (exact) mass is 346 g/mol. The summed E-state index contributed by atoms with van der Waals surface area (Å²) in [6, 6.07) is 10.7. The Morgan fingerprint density at radius 3 is 2.92 bits per heavy atom. The molecule has 2 N–H and O–H groups in total. The van der Waals surface area contributed by atoms with Crippen LogP contribution in [0.5, 0.6) is 11.5 Å². The lowest BCUT2D eigenvalue weighted by Gasteiger charge is -2.26. The van der Waals surface area contributed by atoms with E-state index < -0.39 is 0 Å². The molecule has 0 fully saturated rings. The first kappa shape index (κ1) is 16.5. The Morgan fingerprint density at radius 2 is 2.12 bits per heavy atom. The van der Waals surface area contributed by atoms with Crippen LogP contribution in [0.4, 0.5) is 10.5 Å². The normalized spacial score (nSPS) is 15.9. The van der Waals surface area contributed by atoms with Gasteiger partial charge in [0.05, 0.1) is 13.2 Å². The molecule has 1 heterocycles. The Balaban J connectivity index is 1.64. The Labute approximate surface area is 145 Å². The number of halogens is 1. The number of carbonyl (C=O) groups excluding carboxylic acids is 1. The molecule has 0 radical (unpaired) electrons. The molecular formula is C18H19ClN2O3. The van der Waals surface area contributed by atoms with Gasteiger partial charge >= 0.3 is 6.03 Å². The summed E-state index contributed by atoms with van der Waals surface area (Å²) in [6.45, 7) is 2.35. The van der Waals surface area contributed by atoms with Crippen LogP contribution in [0.15, 0.2) is 36.4 Å². The van der Waals surface area contributed by atoms with Gasteiger partial charge < -0.3 is 20.1 Å². The number of rotatable bonds is 3. The standard InChI is InChI=1S/C18H19ClN2O3/c1-11-3-4-13(19)9-16(11)21-18(22)20-14-7-12-8-15(23-2)5-6-17(12)24-10-14/h3-6,8-9,14H,7,10H2,1-2H3,(H2,20,21,22). The predicted octanol–water partition coefficient (Wildman–Crippen LogP) is 3.78. The maximum absolute atomic E-state index is 12.2. The van der Waals surface area contributed by atoms with Crippen LogP contribution >= 0.6 is 11.6 Å². The van der Waals surface area contributed by atoms with Crippen LogP contribution in [-0.2, 0) is 6.42 Å². The van der Waals surface area contributed by atoms with Crippen LogP contribution in [0.25, 0.3) is 0 Å². The van der Waals surface area contributed by atoms with Gasteiger partial charge in [-0.3, -0.25) is 0 Å². The molecule has 0 aromatic heterocycles. The van der Waals surface area contributed by atoms with E-state index in [-0.39, 0.29) is 12.1 Å². The molecule has 0 aliphatic carbocycles. The number of carbonyl (C=O) groups is 1. The van der Waals surface area contributed by atoms with Crippen molar-refractivity contribution in [1.82, 2.24) is 5.32 Å². The van der Waals surface area contributed by atoms with Gasteiger partial charge in [0.2, 0.25) is 0 Å². The van der Waals surface area contributed by atoms with Crippen molar-refractivity contribution in [2.75, 3.05) is 19.0 Å². The van der Waals surface area contributed by atoms with E-state index in [1.54, 1.807) is 19.2 Å². The maximum Gasteiger partial charge on any atom is 0.319 e. The number of hydrogen-bond acceptors (Lipinski definition) is 3. The van der Waals surface area contributed by atoms with Gasteiger partial charge in [-0.15, -0.1) is 0 Å². The summed E-state index contributed by atoms with van der Waals surface area (Å²) in [6.07, 6.45) is 0.689. The van der Waals surface area contributed by atoms with E-state index in [0.717, 1.165) is 22.6 Å². The number of ether oxygens (including phenoxy) is 2. The smallest absolute Gasteiger partial charge is 0.319 e. The van der Waals surface area contributed by atoms with Crippen LogP contribution in [0.3, 0.4) is 0 Å². The van der Waals surface area contributed by atoms with E-state index in [1.807, 2.05) is 31.2 Å². The van der Waals surface area contributed by atoms with E-state index in [2.05, 4.69) is 10.6 Å². The van der Waals surface area contributed by atoms with Crippen LogP contribution < -0.4 is 20.1 Å². The third kappa shape index (κ3) is 3.74. The van der Waals surface area contributed by atoms with E-state index >= 15 is 0 Å². The average molecular weight is 347 g/mol. The minimum Gasteiger partial charge on any atom is -0.497 e. The van der Waals surface area contributed by atoms with Crippen LogP contribution in [-0.4, -0.2) is 25.8 Å². The molecule has 3 rings (SSSR count). The Morgan fingerprint density at radius 1 is 1.29 bits per heavy atom. The van der Waals surface area contributed by atoms with Crippen molar-refractivity contribution >= 4 is 23.3 Å². The number of methoxy groups -OCH3 is 1. The fourth-order valence-electron chi connectivity index (χ4n) is 2.66. The molecule has 0 saturated heterocycles. The first-order valence-corrected chi connectivity index (χ1v) is 8.06. The highest BCUT2D eigenvalue weighted by Gasteiger charge is 2.22. The number of nitrogens with one attached hydrogen (secondary N) is 2. The van der Waals surface area contributed by atoms with Gasteiger partial charge in [0.1, 0.15) is 18.1 Å². The van der Waals surface area contributed by atoms with Crippen molar-refractivity contribution in [2.24, 2.45) is 0 Å². The third-order valence-corrected chi connectivity index (χ3v) is 4.19. The average Bonchev–Trinajstić information content (AvgIpc) is 2.57. The molecule has 5 nitrogen and oxygen atoms in total. The topological polar surface area (TPSA) is 59.6 Å². The summed E-state index contributed by atoms with van der Waals surface area (Å²) in [4.78, 5) is 12.2. The molecule has 2 aromatic rings. The lowest BCUT2D eigenvalue weighted by Crippen LogP contribution is -2.44. The molecule has 1 unspecified atom stereocenters. The summed E-state index contributed by atoms with van der Waals surface area (Å²) < 4.78 is 10.9. The molecular weight excluding hydrogens is 328 g/mol. The van der Waals surface area contributed by atoms with Crippen LogP contribution in [0.1, 0.15) is 11.1 Å². The van der Waals surface area contributed by atoms with Gasteiger partial charge in [-0.2, -0.15) is 0 Å². The van der Waals surface area contributed by atoms with Crippen molar-refractivity contribution in [3.8, 4) is 11.5 Å². The second kappa shape index (κ2) is 7.01. The Bertz CT molecular complexity index is 764. The largest absolute Gasteiger partial charge is 0.497 e. The fourth-order valence-corrected chi connectivity index (χ4v) is 2.84. The van der Waals surface area contributed by atoms with E-state index in [0.29, 0.717) is 23.7 Å². The highest BCUT2D eigenvalue weighted by atomic mass is 35.5. The Kier molecular flexibility index (Phi) is 4.81. The minimum atomic E-state index is -0.277. The predicted molar refractivity (Wildman–Crippen MR) is 94.3 cm³/mol. The molecule has 2 amide bonds. The van der Waals surface area contributed by atoms with Gasteiger partial charge in [-0.1, -0.05) is 17.7 Å². The number of benzene rings is 2. The van der Waals surface area contributed by atoms with Crippen molar-refractivity contribution in [2.45, 2.75) is 19.4 Å². The molecule has 24 heavy (non-hydrogen) atoms. The van der Waals surface area contributed by atoms with Crippen molar-refractivity contribution in [3.05, 3.63) is 52.5 Å². The zero-order valence-electron chi connectivity index (χ0n) is 13.6. The molecule has 1 aliphatic heterocycles. The van der Waals surface area contributed by atoms with E-state index in [1.165, 1.54) is 0 Å². The van der Waals surface area contributed by atoms with Crippen molar-refractivity contribution in [1.29, 1.82) is 0 Å². The maximum atomic E-state index is 12.2. The number of fused-ring (bicyclic) bond motifs is 1. The minimum absolute atomic E-state index is 0.107. The van der Waals surface area contributed by atoms with Gasteiger partial charge in [0, 0.05) is 10.7 Å². The Hall–Kier alpha value is -2.40. The van der Waals surface area contributed by atoms with Gasteiger partial charge in [-0.25, -0.2) is 4.79 Å². The first-order valence-electron chi connectivity index (χ1n) is 7.68. The lowest BCUT2D eigenvalue weighted by molar-refractivity contribution is 0.222. The molecule has 126 valence electrons. The number of hydrogen-bond donors (Lipinski definition) is 2. The SMILES string of the molecule is COc1ccc2c(c1)CC(NC(=O)Nc1cc(Cl)ccc1C)CO2. The van der Waals surface area contributed by atoms with E-state index in [4.69, 9.17) is 21.1 Å². The summed E-state index contributed by atoms with van der Waals surface area (Å²) in [5.41, 5.74) is 2.66. The number of anilines is 1. The van der Waals surface area contributed by atoms with Gasteiger partial charge in [0.15, 0.2) is 0 Å². The highest BCUT2D eigenvalue weighted by Crippen LogP contribution is 2.28. The van der Waals surface area contributed by atoms with Crippen molar-refractivity contribution in [3.63, 3.8) is 0 Å². The molecule has 0 bridgehead atoms. The quantitative estimate of drug-likeness (QED) is 0.889. The number of aryl methyl sites for hydroxylation is 1. The van der Waals surface area contributed by atoms with Crippen molar-refractivity contribution < 1.29 is 14.3 Å². The molecule has 1 atom stereocenters. The molecule has 2 aromatic carbocycles. The molecule has 1 aliphatic rings. The zero-order valence-corrected chi connectivity index (χ0v) is 14.3. The summed E-state index contributed by atoms with van der Waals surface area (Å²) in [5, 5.41) is 6.34. The van der Waals surface area contributed by atoms with E-state index in [9.17, 15) is 4.79 Å². The van der Waals surface area contributed by atoms with Crippen LogP contribution in [0, 0.1) is 6.92 Å². The lowest BCUT2D eigenvalue weighted by atomic mass is 10.0. The third-order valence-electron chi connectivity index (χ3n) is 3.96. The molecule has 0 spiro atoms. The van der Waals surface area contributed by atoms with Gasteiger partial charge in [0.25, 0.3) is 0 Å². The zero-order chi connectivity index (χ0) is 17.1. The first-order chi connectivity index (χ1) is 11.5. The molecule has 0 saturated carbocycles. The molecule has 6 heteroatoms. The van der Waals surface area contributed by atoms with Crippen LogP contribution in [0.2, 0.25) is 5.02 Å². The van der Waals surface area contributed by atoms with Gasteiger partial charge in [-0.05, 0) is 54.8 Å². The summed E-state index contributed by atoms with van der Waals surface area (Å²) in [7, 11) is 1.63. The number of amides is 2. The number of urea groups is 1. The fraction of sp³-hybridized carbons (Fsp3) is 0.278. The highest BCUT2D eigenvalue weighted by molar-refractivity contribution is 6.31. The second-order valence-corrected chi connectivity index (χ2v) is 6.18.